The lowest BCUT2D eigenvalue weighted by molar-refractivity contribution is -0.147. The highest BCUT2D eigenvalue weighted by molar-refractivity contribution is 5.73. The van der Waals surface area contributed by atoms with E-state index in [4.69, 9.17) is 9.84 Å². The number of aromatic hydroxyl groups is 1. The summed E-state index contributed by atoms with van der Waals surface area (Å²) >= 11 is 0. The van der Waals surface area contributed by atoms with Crippen LogP contribution in [0.2, 0.25) is 0 Å². The maximum atomic E-state index is 12.1. The molecule has 0 aliphatic heterocycles. The minimum Gasteiger partial charge on any atom is -0.493 e. The zero-order valence-electron chi connectivity index (χ0n) is 19.6. The third kappa shape index (κ3) is 8.94. The summed E-state index contributed by atoms with van der Waals surface area (Å²) in [4.78, 5) is 23.2. The predicted octanol–water partition coefficient (Wildman–Crippen LogP) is 4.65. The minimum absolute atomic E-state index is 0.0447. The summed E-state index contributed by atoms with van der Waals surface area (Å²) in [5.41, 5.74) is -0.607. The Kier molecular flexibility index (Phi) is 10.7. The number of aromatic nitrogens is 2. The summed E-state index contributed by atoms with van der Waals surface area (Å²) in [6.45, 7) is 12.4. The quantitative estimate of drug-likeness (QED) is 0.375. The van der Waals surface area contributed by atoms with E-state index in [1.807, 2.05) is 6.92 Å². The van der Waals surface area contributed by atoms with E-state index >= 15 is 0 Å². The number of carboxylic acids is 1. The lowest BCUT2D eigenvalue weighted by Gasteiger charge is -2.24. The highest BCUT2D eigenvalue weighted by atomic mass is 16.5. The molecule has 1 rings (SSSR count). The Morgan fingerprint density at radius 3 is 2.10 bits per heavy atom. The molecule has 0 amide bonds. The minimum atomic E-state index is -0.741. The second-order valence-electron chi connectivity index (χ2n) is 9.69. The van der Waals surface area contributed by atoms with Gasteiger partial charge in [0.1, 0.15) is 0 Å². The molecule has 1 heterocycles. The molecule has 0 fully saturated rings. The van der Waals surface area contributed by atoms with Gasteiger partial charge in [-0.2, -0.15) is 0 Å². The van der Waals surface area contributed by atoms with Gasteiger partial charge in [0, 0.05) is 26.3 Å². The molecule has 0 atom stereocenters. The van der Waals surface area contributed by atoms with Crippen molar-refractivity contribution in [2.45, 2.75) is 99.1 Å². The Hall–Kier alpha value is -1.76. The van der Waals surface area contributed by atoms with Gasteiger partial charge < -0.3 is 14.9 Å². The average molecular weight is 427 g/mol. The van der Waals surface area contributed by atoms with E-state index in [-0.39, 0.29) is 17.0 Å². The van der Waals surface area contributed by atoms with Gasteiger partial charge in [-0.15, -0.1) is 0 Å². The van der Waals surface area contributed by atoms with Gasteiger partial charge in [0.25, 0.3) is 0 Å². The van der Waals surface area contributed by atoms with Crippen molar-refractivity contribution in [3.05, 3.63) is 16.7 Å². The first kappa shape index (κ1) is 26.3. The van der Waals surface area contributed by atoms with Gasteiger partial charge in [-0.1, -0.05) is 26.7 Å². The van der Waals surface area contributed by atoms with Crippen LogP contribution in [0.5, 0.6) is 5.88 Å². The number of hydrogen-bond acceptors (Lipinski definition) is 4. The van der Waals surface area contributed by atoms with Crippen LogP contribution in [0.25, 0.3) is 0 Å². The number of ether oxygens (including phenoxy) is 1. The molecule has 0 spiro atoms. The zero-order valence-corrected chi connectivity index (χ0v) is 19.6. The molecule has 174 valence electrons. The van der Waals surface area contributed by atoms with Crippen molar-refractivity contribution in [2.24, 2.45) is 10.8 Å². The van der Waals surface area contributed by atoms with Crippen molar-refractivity contribution < 1.29 is 19.7 Å². The fourth-order valence-electron chi connectivity index (χ4n) is 3.58. The molecule has 30 heavy (non-hydrogen) atoms. The second kappa shape index (κ2) is 12.2. The molecular weight excluding hydrogens is 384 g/mol. The number of aliphatic carboxylic acids is 1. The van der Waals surface area contributed by atoms with Gasteiger partial charge >= 0.3 is 11.7 Å². The standard InChI is InChI=1S/C23H42N2O5/c1-6-24-18-19(26)25(21(24)29)15-11-13-22(2,3)12-7-9-16-30-17-10-8-14-23(4,5)20(27)28/h18,26H,6-17H2,1-5H3,(H,27,28). The van der Waals surface area contributed by atoms with Gasteiger partial charge in [-0.05, 0) is 64.7 Å². The van der Waals surface area contributed by atoms with E-state index in [9.17, 15) is 14.7 Å². The molecular formula is C23H42N2O5. The molecule has 1 aromatic rings. The number of rotatable bonds is 16. The Bertz CT molecular complexity index is 703. The maximum absolute atomic E-state index is 12.1. The number of imidazole rings is 1. The van der Waals surface area contributed by atoms with Crippen LogP contribution in [-0.4, -0.2) is 38.5 Å². The first-order valence-corrected chi connectivity index (χ1v) is 11.3. The maximum Gasteiger partial charge on any atom is 0.331 e. The van der Waals surface area contributed by atoms with Gasteiger partial charge in [0.15, 0.2) is 0 Å². The third-order valence-electron chi connectivity index (χ3n) is 5.91. The molecule has 2 N–H and O–H groups in total. The summed E-state index contributed by atoms with van der Waals surface area (Å²) in [5.74, 6) is -0.697. The van der Waals surface area contributed by atoms with E-state index in [0.717, 1.165) is 51.6 Å². The lowest BCUT2D eigenvalue weighted by atomic mass is 9.83. The van der Waals surface area contributed by atoms with Crippen LogP contribution < -0.4 is 5.69 Å². The van der Waals surface area contributed by atoms with Crippen LogP contribution in [0.3, 0.4) is 0 Å². The first-order valence-electron chi connectivity index (χ1n) is 11.3. The highest BCUT2D eigenvalue weighted by Crippen LogP contribution is 2.29. The molecule has 0 saturated carbocycles. The van der Waals surface area contributed by atoms with Crippen molar-refractivity contribution >= 4 is 5.97 Å². The van der Waals surface area contributed by atoms with E-state index in [1.165, 1.54) is 15.3 Å². The molecule has 1 aromatic heterocycles. The Morgan fingerprint density at radius 1 is 1.00 bits per heavy atom. The molecule has 0 aliphatic carbocycles. The van der Waals surface area contributed by atoms with Crippen molar-refractivity contribution in [1.82, 2.24) is 9.13 Å². The number of carbonyl (C=O) groups is 1. The highest BCUT2D eigenvalue weighted by Gasteiger charge is 2.26. The van der Waals surface area contributed by atoms with Gasteiger partial charge in [0.2, 0.25) is 5.88 Å². The molecule has 0 unspecified atom stereocenters. The topological polar surface area (TPSA) is 93.7 Å². The second-order valence-corrected chi connectivity index (χ2v) is 9.69. The van der Waals surface area contributed by atoms with E-state index in [1.54, 1.807) is 13.8 Å². The fraction of sp³-hybridized carbons (Fsp3) is 0.826. The van der Waals surface area contributed by atoms with Crippen LogP contribution in [0.15, 0.2) is 11.0 Å². The largest absolute Gasteiger partial charge is 0.493 e. The molecule has 7 heteroatoms. The Labute approximate surface area is 181 Å². The summed E-state index contributed by atoms with van der Waals surface area (Å²) in [5, 5.41) is 19.0. The lowest BCUT2D eigenvalue weighted by Crippen LogP contribution is -2.24. The van der Waals surface area contributed by atoms with E-state index in [2.05, 4.69) is 13.8 Å². The van der Waals surface area contributed by atoms with Crippen LogP contribution in [0.1, 0.15) is 86.0 Å². The smallest absolute Gasteiger partial charge is 0.331 e. The first-order chi connectivity index (χ1) is 14.0. The van der Waals surface area contributed by atoms with Crippen LogP contribution in [0, 0.1) is 10.8 Å². The van der Waals surface area contributed by atoms with Crippen molar-refractivity contribution in [3.8, 4) is 5.88 Å². The summed E-state index contributed by atoms with van der Waals surface area (Å²) in [7, 11) is 0. The van der Waals surface area contributed by atoms with E-state index < -0.39 is 11.4 Å². The Morgan fingerprint density at radius 2 is 1.57 bits per heavy atom. The molecule has 0 aromatic carbocycles. The van der Waals surface area contributed by atoms with E-state index in [0.29, 0.717) is 26.1 Å². The summed E-state index contributed by atoms with van der Waals surface area (Å²) < 4.78 is 8.66. The molecule has 7 nitrogen and oxygen atoms in total. The normalized spacial score (nSPS) is 12.4. The van der Waals surface area contributed by atoms with Gasteiger partial charge in [0.05, 0.1) is 11.6 Å². The van der Waals surface area contributed by atoms with Gasteiger partial charge in [-0.25, -0.2) is 4.79 Å². The summed E-state index contributed by atoms with van der Waals surface area (Å²) in [6, 6.07) is 0. The molecule has 0 radical (unpaired) electrons. The molecule has 0 bridgehead atoms. The fourth-order valence-corrected chi connectivity index (χ4v) is 3.58. The SMILES string of the molecule is CCn1cc(O)n(CCCC(C)(C)CCCCOCCCCC(C)(C)C(=O)O)c1=O. The monoisotopic (exact) mass is 426 g/mol. The predicted molar refractivity (Wildman–Crippen MR) is 119 cm³/mol. The average Bonchev–Trinajstić information content (AvgIpc) is 2.93. The number of nitrogens with zero attached hydrogens (tertiary/aromatic N) is 2. The third-order valence-corrected chi connectivity index (χ3v) is 5.91. The molecule has 0 aliphatic rings. The van der Waals surface area contributed by atoms with Crippen molar-refractivity contribution in [2.75, 3.05) is 13.2 Å². The number of unbranched alkanes of at least 4 members (excludes halogenated alkanes) is 2. The van der Waals surface area contributed by atoms with Crippen molar-refractivity contribution in [3.63, 3.8) is 0 Å². The van der Waals surface area contributed by atoms with Crippen molar-refractivity contribution in [1.29, 1.82) is 0 Å². The Balaban J connectivity index is 2.13. The van der Waals surface area contributed by atoms with Crippen LogP contribution in [-0.2, 0) is 22.6 Å². The van der Waals surface area contributed by atoms with Crippen LogP contribution in [0.4, 0.5) is 0 Å². The number of hydrogen-bond donors (Lipinski definition) is 2. The molecule has 0 saturated heterocycles. The van der Waals surface area contributed by atoms with Crippen LogP contribution >= 0.6 is 0 Å². The number of carboxylic acid groups (broad SMARTS) is 1. The summed E-state index contributed by atoms with van der Waals surface area (Å²) in [6.07, 6.45) is 9.00. The number of aryl methyl sites for hydroxylation is 1. The van der Waals surface area contributed by atoms with Gasteiger partial charge in [-0.3, -0.25) is 13.9 Å². The zero-order chi connectivity index (χ0) is 22.8.